The molecule has 0 bridgehead atoms. The van der Waals surface area contributed by atoms with Crippen LogP contribution in [0.15, 0.2) is 71.8 Å². The first-order valence-electron chi connectivity index (χ1n) is 9.83. The van der Waals surface area contributed by atoms with Crippen molar-refractivity contribution in [2.75, 3.05) is 13.1 Å². The van der Waals surface area contributed by atoms with E-state index in [9.17, 15) is 14.4 Å². The SMILES string of the molecule is O=C(CNC(=O)c1c[nH]c2ccccc2c1=O)NCCCn1ccc2ccccc21. The van der Waals surface area contributed by atoms with Crippen LogP contribution in [0.4, 0.5) is 0 Å². The van der Waals surface area contributed by atoms with Gasteiger partial charge < -0.3 is 20.2 Å². The number of hydrogen-bond donors (Lipinski definition) is 3. The predicted molar refractivity (Wildman–Crippen MR) is 116 cm³/mol. The van der Waals surface area contributed by atoms with E-state index in [1.54, 1.807) is 24.3 Å². The number of benzene rings is 2. The fourth-order valence-electron chi connectivity index (χ4n) is 3.47. The number of hydrogen-bond acceptors (Lipinski definition) is 3. The van der Waals surface area contributed by atoms with E-state index in [4.69, 9.17) is 0 Å². The lowest BCUT2D eigenvalue weighted by atomic mass is 10.1. The van der Waals surface area contributed by atoms with Crippen LogP contribution in [0.1, 0.15) is 16.8 Å². The Bertz CT molecular complexity index is 1270. The first-order valence-corrected chi connectivity index (χ1v) is 9.83. The van der Waals surface area contributed by atoms with Gasteiger partial charge in [-0.2, -0.15) is 0 Å². The fourth-order valence-corrected chi connectivity index (χ4v) is 3.47. The van der Waals surface area contributed by atoms with E-state index in [0.717, 1.165) is 18.5 Å². The van der Waals surface area contributed by atoms with Crippen molar-refractivity contribution in [3.05, 3.63) is 82.8 Å². The first kappa shape index (κ1) is 19.4. The summed E-state index contributed by atoms with van der Waals surface area (Å²) in [6.07, 6.45) is 4.18. The van der Waals surface area contributed by atoms with E-state index >= 15 is 0 Å². The highest BCUT2D eigenvalue weighted by molar-refractivity contribution is 5.98. The number of fused-ring (bicyclic) bond motifs is 2. The molecule has 4 rings (SSSR count). The first-order chi connectivity index (χ1) is 14.6. The summed E-state index contributed by atoms with van der Waals surface area (Å²) in [4.78, 5) is 39.7. The van der Waals surface area contributed by atoms with Gasteiger partial charge in [-0.05, 0) is 36.1 Å². The maximum atomic E-state index is 12.4. The monoisotopic (exact) mass is 402 g/mol. The number of carbonyl (C=O) groups is 2. The summed E-state index contributed by atoms with van der Waals surface area (Å²) in [7, 11) is 0. The fraction of sp³-hybridized carbons (Fsp3) is 0.174. The number of aryl methyl sites for hydroxylation is 1. The van der Waals surface area contributed by atoms with Crippen molar-refractivity contribution in [3.63, 3.8) is 0 Å². The summed E-state index contributed by atoms with van der Waals surface area (Å²) in [5.41, 5.74) is 1.45. The van der Waals surface area contributed by atoms with Crippen LogP contribution in [0.3, 0.4) is 0 Å². The molecule has 0 unspecified atom stereocenters. The van der Waals surface area contributed by atoms with Crippen LogP contribution in [0, 0.1) is 0 Å². The van der Waals surface area contributed by atoms with Crippen molar-refractivity contribution in [2.45, 2.75) is 13.0 Å². The Morgan fingerprint density at radius 2 is 1.77 bits per heavy atom. The summed E-state index contributed by atoms with van der Waals surface area (Å²) in [5, 5.41) is 6.92. The second kappa shape index (κ2) is 8.65. The van der Waals surface area contributed by atoms with Gasteiger partial charge in [-0.1, -0.05) is 30.3 Å². The van der Waals surface area contributed by atoms with Crippen molar-refractivity contribution in [3.8, 4) is 0 Å². The quantitative estimate of drug-likeness (QED) is 0.414. The molecule has 2 amide bonds. The molecule has 0 aliphatic rings. The molecule has 7 heteroatoms. The molecule has 2 heterocycles. The van der Waals surface area contributed by atoms with Gasteiger partial charge in [-0.15, -0.1) is 0 Å². The molecule has 30 heavy (non-hydrogen) atoms. The van der Waals surface area contributed by atoms with Gasteiger partial charge in [0, 0.05) is 41.9 Å². The van der Waals surface area contributed by atoms with Gasteiger partial charge in [-0.25, -0.2) is 0 Å². The molecule has 0 atom stereocenters. The largest absolute Gasteiger partial charge is 0.360 e. The molecule has 0 aliphatic carbocycles. The molecule has 0 spiro atoms. The topological polar surface area (TPSA) is 96.0 Å². The van der Waals surface area contributed by atoms with Crippen LogP contribution in [-0.2, 0) is 11.3 Å². The number of para-hydroxylation sites is 2. The molecule has 0 saturated carbocycles. The Kier molecular flexibility index (Phi) is 5.61. The van der Waals surface area contributed by atoms with Crippen LogP contribution < -0.4 is 16.1 Å². The number of H-pyrrole nitrogens is 1. The number of pyridine rings is 1. The van der Waals surface area contributed by atoms with Gasteiger partial charge in [0.05, 0.1) is 6.54 Å². The zero-order valence-electron chi connectivity index (χ0n) is 16.4. The lowest BCUT2D eigenvalue weighted by Crippen LogP contribution is -2.38. The number of aromatic nitrogens is 2. The van der Waals surface area contributed by atoms with E-state index in [0.29, 0.717) is 17.4 Å². The van der Waals surface area contributed by atoms with E-state index in [-0.39, 0.29) is 23.4 Å². The van der Waals surface area contributed by atoms with Crippen LogP contribution >= 0.6 is 0 Å². The molecule has 7 nitrogen and oxygen atoms in total. The minimum absolute atomic E-state index is 0.0130. The highest BCUT2D eigenvalue weighted by atomic mass is 16.2. The maximum absolute atomic E-state index is 12.4. The van der Waals surface area contributed by atoms with Gasteiger partial charge in [0.1, 0.15) is 5.56 Å². The summed E-state index contributed by atoms with van der Waals surface area (Å²) < 4.78 is 2.15. The van der Waals surface area contributed by atoms with Crippen molar-refractivity contribution in [1.82, 2.24) is 20.2 Å². The highest BCUT2D eigenvalue weighted by Crippen LogP contribution is 2.15. The lowest BCUT2D eigenvalue weighted by molar-refractivity contribution is -0.120. The third kappa shape index (κ3) is 4.10. The molecular formula is C23H22N4O3. The Morgan fingerprint density at radius 1 is 0.967 bits per heavy atom. The van der Waals surface area contributed by atoms with Crippen LogP contribution in [-0.4, -0.2) is 34.5 Å². The minimum Gasteiger partial charge on any atom is -0.360 e. The average molecular weight is 402 g/mol. The van der Waals surface area contributed by atoms with E-state index < -0.39 is 5.91 Å². The highest BCUT2D eigenvalue weighted by Gasteiger charge is 2.13. The van der Waals surface area contributed by atoms with Crippen molar-refractivity contribution >= 4 is 33.6 Å². The Morgan fingerprint density at radius 3 is 2.67 bits per heavy atom. The van der Waals surface area contributed by atoms with Crippen LogP contribution in [0.2, 0.25) is 0 Å². The Hall–Kier alpha value is -3.87. The molecule has 0 fully saturated rings. The molecule has 2 aromatic heterocycles. The van der Waals surface area contributed by atoms with Crippen molar-refractivity contribution in [1.29, 1.82) is 0 Å². The van der Waals surface area contributed by atoms with Crippen LogP contribution in [0.5, 0.6) is 0 Å². The molecule has 0 saturated heterocycles. The van der Waals surface area contributed by atoms with E-state index in [1.165, 1.54) is 11.6 Å². The van der Waals surface area contributed by atoms with Crippen LogP contribution in [0.25, 0.3) is 21.8 Å². The summed E-state index contributed by atoms with van der Waals surface area (Å²) in [6.45, 7) is 1.10. The molecule has 0 radical (unpaired) electrons. The van der Waals surface area contributed by atoms with Crippen molar-refractivity contribution in [2.24, 2.45) is 0 Å². The Balaban J connectivity index is 1.25. The molecular weight excluding hydrogens is 380 g/mol. The number of aromatic amines is 1. The van der Waals surface area contributed by atoms with E-state index in [2.05, 4.69) is 38.4 Å². The molecule has 3 N–H and O–H groups in total. The second-order valence-corrected chi connectivity index (χ2v) is 7.03. The Labute approximate surface area is 172 Å². The number of carbonyl (C=O) groups excluding carboxylic acids is 2. The number of rotatable bonds is 7. The predicted octanol–water partition coefficient (Wildman–Crippen LogP) is 2.42. The summed E-state index contributed by atoms with van der Waals surface area (Å²) in [5.74, 6) is -0.867. The third-order valence-corrected chi connectivity index (χ3v) is 5.02. The number of nitrogens with zero attached hydrogens (tertiary/aromatic N) is 1. The van der Waals surface area contributed by atoms with Gasteiger partial charge >= 0.3 is 0 Å². The average Bonchev–Trinajstić information content (AvgIpc) is 3.18. The second-order valence-electron chi connectivity index (χ2n) is 7.03. The smallest absolute Gasteiger partial charge is 0.257 e. The lowest BCUT2D eigenvalue weighted by Gasteiger charge is -2.08. The minimum atomic E-state index is -0.573. The zero-order chi connectivity index (χ0) is 20.9. The summed E-state index contributed by atoms with van der Waals surface area (Å²) >= 11 is 0. The van der Waals surface area contributed by atoms with Gasteiger partial charge in [0.2, 0.25) is 11.3 Å². The number of amides is 2. The van der Waals surface area contributed by atoms with Gasteiger partial charge in [0.25, 0.3) is 5.91 Å². The molecule has 0 aliphatic heterocycles. The van der Waals surface area contributed by atoms with Crippen molar-refractivity contribution < 1.29 is 9.59 Å². The van der Waals surface area contributed by atoms with E-state index in [1.807, 2.05) is 18.3 Å². The molecule has 152 valence electrons. The third-order valence-electron chi connectivity index (χ3n) is 5.02. The van der Waals surface area contributed by atoms with Gasteiger partial charge in [-0.3, -0.25) is 14.4 Å². The molecule has 4 aromatic rings. The standard InChI is InChI=1S/C23H22N4O3/c28-21(24-11-5-12-27-13-10-16-6-1-4-9-20(16)27)15-26-23(30)18-14-25-19-8-3-2-7-17(19)22(18)29/h1-4,6-10,13-14H,5,11-12,15H2,(H,24,28)(H,25,29)(H,26,30). The number of nitrogens with one attached hydrogen (secondary N) is 3. The zero-order valence-corrected chi connectivity index (χ0v) is 16.4. The van der Waals surface area contributed by atoms with Gasteiger partial charge in [0.15, 0.2) is 0 Å². The normalized spacial score (nSPS) is 10.9. The maximum Gasteiger partial charge on any atom is 0.257 e. The summed E-state index contributed by atoms with van der Waals surface area (Å²) in [6, 6.07) is 17.2. The molecule has 2 aromatic carbocycles.